The van der Waals surface area contributed by atoms with Crippen LogP contribution in [0.2, 0.25) is 0 Å². The molecule has 8 nitrogen and oxygen atoms in total. The number of anilines is 1. The lowest BCUT2D eigenvalue weighted by Crippen LogP contribution is -2.52. The van der Waals surface area contributed by atoms with Gasteiger partial charge in [-0.05, 0) is 68.8 Å². The van der Waals surface area contributed by atoms with Gasteiger partial charge in [0.05, 0.1) is 23.9 Å². The number of aliphatic hydroxyl groups excluding tert-OH is 1. The van der Waals surface area contributed by atoms with E-state index in [1.54, 1.807) is 0 Å². The summed E-state index contributed by atoms with van der Waals surface area (Å²) in [4.78, 5) is 6.99. The van der Waals surface area contributed by atoms with Gasteiger partial charge in [0.1, 0.15) is 0 Å². The highest BCUT2D eigenvalue weighted by molar-refractivity contribution is 5.80. The number of aliphatic hydroxyl groups is 1. The van der Waals surface area contributed by atoms with Crippen LogP contribution in [0, 0.1) is 0 Å². The zero-order valence-electron chi connectivity index (χ0n) is 22.7. The molecule has 0 spiro atoms. The van der Waals surface area contributed by atoms with Crippen LogP contribution in [0.3, 0.4) is 0 Å². The van der Waals surface area contributed by atoms with Crippen LogP contribution in [0.15, 0.2) is 48.8 Å². The monoisotopic (exact) mass is 519 g/mol. The number of hydrogen-bond donors (Lipinski definition) is 1. The maximum absolute atomic E-state index is 10.5. The molecular formula is C30H41N5O3. The minimum atomic E-state index is -0.869. The van der Waals surface area contributed by atoms with Crippen molar-refractivity contribution in [3.8, 4) is 11.1 Å². The summed E-state index contributed by atoms with van der Waals surface area (Å²) in [7, 11) is 0. The lowest BCUT2D eigenvalue weighted by Gasteiger charge is -2.38. The van der Waals surface area contributed by atoms with Gasteiger partial charge >= 0.3 is 0 Å². The molecule has 38 heavy (non-hydrogen) atoms. The van der Waals surface area contributed by atoms with Gasteiger partial charge in [-0.25, -0.2) is 4.52 Å². The number of likely N-dealkylation sites (tertiary alicyclic amines) is 1. The lowest BCUT2D eigenvalue weighted by atomic mass is 9.89. The maximum Gasteiger partial charge on any atom is 0.216 e. The van der Waals surface area contributed by atoms with Gasteiger partial charge in [-0.15, -0.1) is 0 Å². The number of rotatable bonds is 7. The molecule has 3 fully saturated rings. The van der Waals surface area contributed by atoms with Gasteiger partial charge < -0.3 is 24.4 Å². The number of piperidine rings is 1. The first-order valence-corrected chi connectivity index (χ1v) is 14.3. The van der Waals surface area contributed by atoms with Gasteiger partial charge in [-0.3, -0.25) is 4.90 Å². The Bertz CT molecular complexity index is 1200. The predicted molar refractivity (Wildman–Crippen MR) is 149 cm³/mol. The van der Waals surface area contributed by atoms with Gasteiger partial charge in [0.25, 0.3) is 0 Å². The van der Waals surface area contributed by atoms with E-state index in [1.165, 1.54) is 41.8 Å². The zero-order chi connectivity index (χ0) is 26.1. The topological polar surface area (TPSA) is 65.7 Å². The molecule has 1 N–H and O–H groups in total. The van der Waals surface area contributed by atoms with Crippen LogP contribution in [0.4, 0.5) is 5.69 Å². The standard InChI is InChI=1S/C30H41N5O3/c1-22(2)34-12-3-4-25(19-34)23-5-7-24(8-6-23)26-18-29-28(9-11-31-35(29)20-26)32-13-15-33(16-14-32)30(36)38-27-10-17-37-21-27/h5-9,11,18,20,22,25,27,30,36H,3-4,10,12-17,19,21H2,1-2H3/t25-,27+,30?/m1/s1. The van der Waals surface area contributed by atoms with Crippen molar-refractivity contribution in [3.63, 3.8) is 0 Å². The fourth-order valence-corrected chi connectivity index (χ4v) is 6.18. The van der Waals surface area contributed by atoms with Crippen LogP contribution in [0.1, 0.15) is 44.6 Å². The molecule has 0 radical (unpaired) electrons. The van der Waals surface area contributed by atoms with Crippen LogP contribution in [-0.4, -0.2) is 95.6 Å². The van der Waals surface area contributed by atoms with Crippen LogP contribution >= 0.6 is 0 Å². The molecule has 0 aliphatic carbocycles. The van der Waals surface area contributed by atoms with Crippen LogP contribution < -0.4 is 4.90 Å². The first kappa shape index (κ1) is 25.8. The molecule has 3 aliphatic heterocycles. The summed E-state index contributed by atoms with van der Waals surface area (Å²) in [6, 6.07) is 14.2. The number of fused-ring (bicyclic) bond motifs is 1. The molecular weight excluding hydrogens is 478 g/mol. The van der Waals surface area contributed by atoms with Crippen molar-refractivity contribution in [2.75, 3.05) is 57.4 Å². The third kappa shape index (κ3) is 5.46. The molecule has 5 heterocycles. The SMILES string of the molecule is CC(C)N1CCC[C@@H](c2ccc(-c3cc4c(N5CCN(C(O)O[C@H]6CCOC6)CC5)ccnn4c3)cc2)C1. The molecule has 3 atom stereocenters. The molecule has 6 rings (SSSR count). The predicted octanol–water partition coefficient (Wildman–Crippen LogP) is 3.79. The van der Waals surface area contributed by atoms with Crippen molar-refractivity contribution in [3.05, 3.63) is 54.4 Å². The van der Waals surface area contributed by atoms with Gasteiger partial charge in [-0.2, -0.15) is 5.10 Å². The zero-order valence-corrected chi connectivity index (χ0v) is 22.7. The molecule has 3 saturated heterocycles. The van der Waals surface area contributed by atoms with E-state index in [9.17, 15) is 5.11 Å². The molecule has 3 aliphatic rings. The van der Waals surface area contributed by atoms with Crippen molar-refractivity contribution in [2.24, 2.45) is 0 Å². The number of ether oxygens (including phenoxy) is 2. The average molecular weight is 520 g/mol. The Morgan fingerprint density at radius 1 is 0.974 bits per heavy atom. The Morgan fingerprint density at radius 3 is 2.53 bits per heavy atom. The summed E-state index contributed by atoms with van der Waals surface area (Å²) in [5.41, 5.74) is 6.15. The van der Waals surface area contributed by atoms with Crippen molar-refractivity contribution >= 4 is 11.2 Å². The molecule has 2 aromatic heterocycles. The number of hydrogen-bond acceptors (Lipinski definition) is 7. The molecule has 1 unspecified atom stereocenters. The number of benzene rings is 1. The smallest absolute Gasteiger partial charge is 0.216 e. The average Bonchev–Trinajstić information content (AvgIpc) is 3.63. The highest BCUT2D eigenvalue weighted by Crippen LogP contribution is 2.32. The molecule has 204 valence electrons. The first-order chi connectivity index (χ1) is 18.5. The number of piperazine rings is 1. The molecule has 8 heteroatoms. The van der Waals surface area contributed by atoms with E-state index in [1.807, 2.05) is 15.6 Å². The van der Waals surface area contributed by atoms with Gasteiger partial charge in [0.15, 0.2) is 0 Å². The summed E-state index contributed by atoms with van der Waals surface area (Å²) in [5.74, 6) is 0.621. The minimum absolute atomic E-state index is 0.00606. The third-order valence-corrected chi connectivity index (χ3v) is 8.55. The normalized spacial score (nSPS) is 24.5. The Labute approximate surface area is 225 Å². The Morgan fingerprint density at radius 2 is 1.79 bits per heavy atom. The highest BCUT2D eigenvalue weighted by atomic mass is 16.6. The maximum atomic E-state index is 10.5. The van der Waals surface area contributed by atoms with E-state index >= 15 is 0 Å². The molecule has 3 aromatic rings. The van der Waals surface area contributed by atoms with Crippen LogP contribution in [0.5, 0.6) is 0 Å². The summed E-state index contributed by atoms with van der Waals surface area (Å²) in [5, 5.41) is 15.1. The van der Waals surface area contributed by atoms with Crippen molar-refractivity contribution in [1.29, 1.82) is 0 Å². The lowest BCUT2D eigenvalue weighted by molar-refractivity contribution is -0.217. The van der Waals surface area contributed by atoms with Crippen LogP contribution in [0.25, 0.3) is 16.6 Å². The molecule has 0 bridgehead atoms. The second-order valence-corrected chi connectivity index (χ2v) is 11.3. The second kappa shape index (κ2) is 11.3. The van der Waals surface area contributed by atoms with Gasteiger partial charge in [0.2, 0.25) is 6.41 Å². The molecule has 0 amide bonds. The van der Waals surface area contributed by atoms with Gasteiger partial charge in [-0.1, -0.05) is 24.3 Å². The summed E-state index contributed by atoms with van der Waals surface area (Å²) >= 11 is 0. The Kier molecular flexibility index (Phi) is 7.68. The summed E-state index contributed by atoms with van der Waals surface area (Å²) in [6.45, 7) is 11.4. The quantitative estimate of drug-likeness (QED) is 0.477. The van der Waals surface area contributed by atoms with E-state index < -0.39 is 6.41 Å². The fraction of sp³-hybridized carbons (Fsp3) is 0.567. The fourth-order valence-electron chi connectivity index (χ4n) is 6.18. The third-order valence-electron chi connectivity index (χ3n) is 8.55. The van der Waals surface area contributed by atoms with E-state index in [4.69, 9.17) is 9.47 Å². The molecule has 0 saturated carbocycles. The number of aromatic nitrogens is 2. The van der Waals surface area contributed by atoms with E-state index in [-0.39, 0.29) is 6.10 Å². The number of nitrogens with zero attached hydrogens (tertiary/aromatic N) is 5. The van der Waals surface area contributed by atoms with Crippen molar-refractivity contribution in [2.45, 2.75) is 57.6 Å². The Balaban J connectivity index is 1.13. The minimum Gasteiger partial charge on any atom is -0.379 e. The molecule has 1 aromatic carbocycles. The Hall–Kier alpha value is -2.49. The van der Waals surface area contributed by atoms with Crippen molar-refractivity contribution < 1.29 is 14.6 Å². The van der Waals surface area contributed by atoms with E-state index in [2.05, 4.69) is 71.3 Å². The highest BCUT2D eigenvalue weighted by Gasteiger charge is 2.28. The largest absolute Gasteiger partial charge is 0.379 e. The van der Waals surface area contributed by atoms with Gasteiger partial charge in [0, 0.05) is 63.3 Å². The summed E-state index contributed by atoms with van der Waals surface area (Å²) < 4.78 is 13.2. The summed E-state index contributed by atoms with van der Waals surface area (Å²) in [6.07, 6.45) is 6.54. The van der Waals surface area contributed by atoms with Crippen molar-refractivity contribution in [1.82, 2.24) is 19.4 Å². The second-order valence-electron chi connectivity index (χ2n) is 11.3. The van der Waals surface area contributed by atoms with E-state index in [0.29, 0.717) is 25.2 Å². The van der Waals surface area contributed by atoms with Crippen LogP contribution in [-0.2, 0) is 9.47 Å². The first-order valence-electron chi connectivity index (χ1n) is 14.3. The van der Waals surface area contributed by atoms with E-state index in [0.717, 1.165) is 44.7 Å².